The van der Waals surface area contributed by atoms with Crippen molar-refractivity contribution >= 4 is 11.6 Å². The van der Waals surface area contributed by atoms with Crippen LogP contribution in [-0.2, 0) is 33.1 Å². The summed E-state index contributed by atoms with van der Waals surface area (Å²) in [5.41, 5.74) is 2.01. The number of ether oxygens (including phenoxy) is 3. The maximum atomic E-state index is 6.31. The van der Waals surface area contributed by atoms with Crippen LogP contribution in [0, 0.1) is 0 Å². The van der Waals surface area contributed by atoms with Crippen LogP contribution >= 0.6 is 11.6 Å². The normalized spacial score (nSPS) is 22.2. The van der Waals surface area contributed by atoms with E-state index in [-0.39, 0.29) is 6.10 Å². The van der Waals surface area contributed by atoms with Crippen molar-refractivity contribution in [3.8, 4) is 0 Å². The van der Waals surface area contributed by atoms with Crippen molar-refractivity contribution in [1.82, 2.24) is 14.8 Å². The van der Waals surface area contributed by atoms with Crippen molar-refractivity contribution in [2.75, 3.05) is 13.2 Å². The summed E-state index contributed by atoms with van der Waals surface area (Å²) >= 11 is 6.03. The molecule has 0 bridgehead atoms. The second-order valence-corrected chi connectivity index (χ2v) is 6.84. The van der Waals surface area contributed by atoms with E-state index < -0.39 is 5.79 Å². The third-order valence-corrected chi connectivity index (χ3v) is 4.65. The molecular weight excluding hydrogens is 366 g/mol. The van der Waals surface area contributed by atoms with Gasteiger partial charge in [0, 0.05) is 10.6 Å². The molecule has 4 rings (SSSR count). The Labute approximate surface area is 162 Å². The van der Waals surface area contributed by atoms with Gasteiger partial charge in [0.1, 0.15) is 25.3 Å². The SMILES string of the molecule is Clc1ccc([C@]2(Cn3cncn3)OC[C@H](COCc3ccccc3)O2)cc1. The second kappa shape index (κ2) is 8.19. The fourth-order valence-corrected chi connectivity index (χ4v) is 3.21. The minimum Gasteiger partial charge on any atom is -0.374 e. The summed E-state index contributed by atoms with van der Waals surface area (Å²) < 4.78 is 20.0. The Kier molecular flexibility index (Phi) is 5.50. The minimum atomic E-state index is -0.945. The molecule has 0 unspecified atom stereocenters. The lowest BCUT2D eigenvalue weighted by atomic mass is 10.1. The van der Waals surface area contributed by atoms with E-state index in [1.165, 1.54) is 6.33 Å². The molecular formula is C20H20ClN3O3. The van der Waals surface area contributed by atoms with Crippen molar-refractivity contribution in [2.24, 2.45) is 0 Å². The van der Waals surface area contributed by atoms with Crippen LogP contribution in [0.5, 0.6) is 0 Å². The molecule has 27 heavy (non-hydrogen) atoms. The topological polar surface area (TPSA) is 58.4 Å². The molecule has 140 valence electrons. The highest BCUT2D eigenvalue weighted by molar-refractivity contribution is 6.30. The summed E-state index contributed by atoms with van der Waals surface area (Å²) in [6.45, 7) is 1.81. The van der Waals surface area contributed by atoms with Gasteiger partial charge >= 0.3 is 0 Å². The first-order chi connectivity index (χ1) is 13.2. The van der Waals surface area contributed by atoms with Crippen LogP contribution in [0.15, 0.2) is 67.3 Å². The summed E-state index contributed by atoms with van der Waals surface area (Å²) in [4.78, 5) is 4.00. The predicted octanol–water partition coefficient (Wildman–Crippen LogP) is 3.42. The van der Waals surface area contributed by atoms with Gasteiger partial charge in [0.25, 0.3) is 0 Å². The Morgan fingerprint density at radius 2 is 1.96 bits per heavy atom. The first-order valence-corrected chi connectivity index (χ1v) is 9.13. The van der Waals surface area contributed by atoms with Gasteiger partial charge in [-0.05, 0) is 17.7 Å². The maximum Gasteiger partial charge on any atom is 0.215 e. The number of hydrogen-bond acceptors (Lipinski definition) is 5. The van der Waals surface area contributed by atoms with Gasteiger partial charge in [-0.2, -0.15) is 5.10 Å². The van der Waals surface area contributed by atoms with Crippen LogP contribution < -0.4 is 0 Å². The van der Waals surface area contributed by atoms with Gasteiger partial charge in [-0.25, -0.2) is 9.67 Å². The number of rotatable bonds is 7. The molecule has 7 heteroatoms. The van der Waals surface area contributed by atoms with Crippen LogP contribution in [-0.4, -0.2) is 34.1 Å². The molecule has 0 radical (unpaired) electrons. The van der Waals surface area contributed by atoms with Crippen LogP contribution in [0.25, 0.3) is 0 Å². The molecule has 2 atom stereocenters. The molecule has 0 N–H and O–H groups in total. The highest BCUT2D eigenvalue weighted by Crippen LogP contribution is 2.36. The van der Waals surface area contributed by atoms with E-state index in [2.05, 4.69) is 10.1 Å². The van der Waals surface area contributed by atoms with Gasteiger partial charge in [-0.15, -0.1) is 0 Å². The van der Waals surface area contributed by atoms with Gasteiger partial charge in [0.2, 0.25) is 5.79 Å². The molecule has 1 aromatic heterocycles. The first kappa shape index (κ1) is 18.1. The van der Waals surface area contributed by atoms with Crippen molar-refractivity contribution in [3.63, 3.8) is 0 Å². The average molecular weight is 386 g/mol. The summed E-state index contributed by atoms with van der Waals surface area (Å²) in [6.07, 6.45) is 2.96. The zero-order chi connectivity index (χ0) is 18.5. The van der Waals surface area contributed by atoms with Gasteiger partial charge in [-0.1, -0.05) is 54.1 Å². The highest BCUT2D eigenvalue weighted by atomic mass is 35.5. The van der Waals surface area contributed by atoms with Crippen LogP contribution in [0.3, 0.4) is 0 Å². The molecule has 6 nitrogen and oxygen atoms in total. The molecule has 2 heterocycles. The quantitative estimate of drug-likeness (QED) is 0.623. The molecule has 3 aromatic rings. The molecule has 1 saturated heterocycles. The Hall–Kier alpha value is -2.25. The largest absolute Gasteiger partial charge is 0.374 e. The molecule has 1 fully saturated rings. The van der Waals surface area contributed by atoms with E-state index in [1.54, 1.807) is 11.0 Å². The van der Waals surface area contributed by atoms with Crippen LogP contribution in [0.2, 0.25) is 5.02 Å². The van der Waals surface area contributed by atoms with E-state index >= 15 is 0 Å². The Balaban J connectivity index is 1.44. The van der Waals surface area contributed by atoms with Gasteiger partial charge in [0.15, 0.2) is 0 Å². The summed E-state index contributed by atoms with van der Waals surface area (Å²) in [5, 5.41) is 4.85. The average Bonchev–Trinajstić information content (AvgIpc) is 3.34. The lowest BCUT2D eigenvalue weighted by Crippen LogP contribution is -2.34. The Morgan fingerprint density at radius 1 is 1.15 bits per heavy atom. The molecule has 0 amide bonds. The van der Waals surface area contributed by atoms with E-state index in [4.69, 9.17) is 25.8 Å². The van der Waals surface area contributed by atoms with E-state index in [1.807, 2.05) is 54.6 Å². The molecule has 0 saturated carbocycles. The van der Waals surface area contributed by atoms with E-state index in [0.717, 1.165) is 11.1 Å². The number of benzene rings is 2. The lowest BCUT2D eigenvalue weighted by molar-refractivity contribution is -0.193. The fourth-order valence-electron chi connectivity index (χ4n) is 3.09. The molecule has 0 aliphatic carbocycles. The predicted molar refractivity (Wildman–Crippen MR) is 100 cm³/mol. The first-order valence-electron chi connectivity index (χ1n) is 8.75. The number of halogens is 1. The maximum absolute atomic E-state index is 6.31. The third-order valence-electron chi connectivity index (χ3n) is 4.40. The smallest absolute Gasteiger partial charge is 0.215 e. The minimum absolute atomic E-state index is 0.173. The van der Waals surface area contributed by atoms with Crippen molar-refractivity contribution in [1.29, 1.82) is 0 Å². The van der Waals surface area contributed by atoms with Gasteiger partial charge in [0.05, 0.1) is 19.8 Å². The lowest BCUT2D eigenvalue weighted by Gasteiger charge is -2.28. The number of hydrogen-bond donors (Lipinski definition) is 0. The summed E-state index contributed by atoms with van der Waals surface area (Å²) in [5.74, 6) is -0.945. The van der Waals surface area contributed by atoms with Crippen molar-refractivity contribution in [2.45, 2.75) is 25.0 Å². The fraction of sp³-hybridized carbons (Fsp3) is 0.300. The van der Waals surface area contributed by atoms with Crippen LogP contribution in [0.1, 0.15) is 11.1 Å². The zero-order valence-corrected chi connectivity index (χ0v) is 15.5. The third kappa shape index (κ3) is 4.36. The summed E-state index contributed by atoms with van der Waals surface area (Å²) in [7, 11) is 0. The highest BCUT2D eigenvalue weighted by Gasteiger charge is 2.44. The molecule has 2 aromatic carbocycles. The van der Waals surface area contributed by atoms with E-state index in [0.29, 0.717) is 31.4 Å². The Bertz CT molecular complexity index is 841. The van der Waals surface area contributed by atoms with Gasteiger partial charge in [-0.3, -0.25) is 0 Å². The Morgan fingerprint density at radius 3 is 2.70 bits per heavy atom. The summed E-state index contributed by atoms with van der Waals surface area (Å²) in [6, 6.07) is 17.5. The zero-order valence-electron chi connectivity index (χ0n) is 14.7. The standard InChI is InChI=1S/C20H20ClN3O3/c21-18-8-6-17(7-9-18)20(13-24-15-22-14-23-24)26-12-19(27-20)11-25-10-16-4-2-1-3-5-16/h1-9,14-15,19H,10-13H2/t19-,20+/m0/s1. The monoisotopic (exact) mass is 385 g/mol. The second-order valence-electron chi connectivity index (χ2n) is 6.40. The number of nitrogens with zero attached hydrogens (tertiary/aromatic N) is 3. The molecule has 1 aliphatic heterocycles. The van der Waals surface area contributed by atoms with E-state index in [9.17, 15) is 0 Å². The molecule has 0 spiro atoms. The molecule has 1 aliphatic rings. The van der Waals surface area contributed by atoms with Crippen molar-refractivity contribution in [3.05, 3.63) is 83.4 Å². The van der Waals surface area contributed by atoms with Crippen LogP contribution in [0.4, 0.5) is 0 Å². The number of aromatic nitrogens is 3. The van der Waals surface area contributed by atoms with Gasteiger partial charge < -0.3 is 14.2 Å². The van der Waals surface area contributed by atoms with Crippen molar-refractivity contribution < 1.29 is 14.2 Å².